The van der Waals surface area contributed by atoms with Crippen LogP contribution in [0.4, 0.5) is 4.39 Å². The van der Waals surface area contributed by atoms with Crippen LogP contribution in [0.1, 0.15) is 40.1 Å². The summed E-state index contributed by atoms with van der Waals surface area (Å²) in [5.41, 5.74) is 1.81. The molecule has 222 valence electrons. The van der Waals surface area contributed by atoms with Crippen molar-refractivity contribution in [2.45, 2.75) is 44.9 Å². The van der Waals surface area contributed by atoms with Crippen LogP contribution in [-0.2, 0) is 20.6 Å². The second-order valence-corrected chi connectivity index (χ2v) is 10.2. The van der Waals surface area contributed by atoms with Crippen molar-refractivity contribution in [1.82, 2.24) is 0 Å². The van der Waals surface area contributed by atoms with E-state index in [2.05, 4.69) is 6.92 Å². The van der Waals surface area contributed by atoms with E-state index in [4.69, 9.17) is 23.7 Å². The summed E-state index contributed by atoms with van der Waals surface area (Å²) in [6.07, 6.45) is -4.25. The molecule has 1 aliphatic heterocycles. The fourth-order valence-corrected chi connectivity index (χ4v) is 4.74. The zero-order valence-corrected chi connectivity index (χ0v) is 23.9. The minimum atomic E-state index is -1.62. The molecule has 1 heterocycles. The number of esters is 2. The summed E-state index contributed by atoms with van der Waals surface area (Å²) in [4.78, 5) is 25.6. The minimum Gasteiger partial charge on any atom is -0.459 e. The van der Waals surface area contributed by atoms with Gasteiger partial charge in [-0.25, -0.2) is 14.0 Å². The molecule has 0 amide bonds. The Hall–Kier alpha value is -4.69. The third kappa shape index (κ3) is 7.40. The summed E-state index contributed by atoms with van der Waals surface area (Å²) in [5.74, 6) is -0.805. The fraction of sp³-hybridized carbons (Fsp3) is 0.257. The van der Waals surface area contributed by atoms with Crippen LogP contribution in [0.25, 0.3) is 0 Å². The Morgan fingerprint density at radius 1 is 0.767 bits per heavy atom. The lowest BCUT2D eigenvalue weighted by molar-refractivity contribution is -0.248. The van der Waals surface area contributed by atoms with Crippen molar-refractivity contribution in [3.63, 3.8) is 0 Å². The highest BCUT2D eigenvalue weighted by atomic mass is 19.1. The Kier molecular flexibility index (Phi) is 9.69. The maximum atomic E-state index is 15.8. The van der Waals surface area contributed by atoms with Crippen molar-refractivity contribution in [2.24, 2.45) is 5.92 Å². The summed E-state index contributed by atoms with van der Waals surface area (Å²) in [7, 11) is 0. The summed E-state index contributed by atoms with van der Waals surface area (Å²) in [6.45, 7) is 3.32. The lowest BCUT2D eigenvalue weighted by Crippen LogP contribution is -2.56. The van der Waals surface area contributed by atoms with Crippen LogP contribution in [-0.4, -0.2) is 43.2 Å². The van der Waals surface area contributed by atoms with E-state index in [0.717, 1.165) is 6.42 Å². The van der Waals surface area contributed by atoms with Gasteiger partial charge in [-0.3, -0.25) is 0 Å². The number of ether oxygens (including phenoxy) is 5. The van der Waals surface area contributed by atoms with Crippen LogP contribution in [0.3, 0.4) is 0 Å². The highest BCUT2D eigenvalue weighted by Gasteiger charge is 2.48. The molecule has 0 aliphatic carbocycles. The van der Waals surface area contributed by atoms with Crippen molar-refractivity contribution in [1.29, 1.82) is 0 Å². The molecule has 0 aromatic heterocycles. The van der Waals surface area contributed by atoms with E-state index in [-0.39, 0.29) is 6.61 Å². The normalized spacial score (nSPS) is 21.4. The third-order valence-electron chi connectivity index (χ3n) is 7.25. The van der Waals surface area contributed by atoms with Gasteiger partial charge in [0, 0.05) is 5.92 Å². The van der Waals surface area contributed by atoms with E-state index in [9.17, 15) is 9.59 Å². The highest BCUT2D eigenvalue weighted by Crippen LogP contribution is 2.37. The molecular weight excluding hydrogens is 551 g/mol. The predicted octanol–water partition coefficient (Wildman–Crippen LogP) is 7.20. The molecule has 5 rings (SSSR count). The number of hydrogen-bond donors (Lipinski definition) is 0. The number of hydrogen-bond acceptors (Lipinski definition) is 7. The van der Waals surface area contributed by atoms with Gasteiger partial charge in [-0.2, -0.15) is 0 Å². The summed E-state index contributed by atoms with van der Waals surface area (Å²) in [5, 5.41) is 0. The van der Waals surface area contributed by atoms with E-state index in [0.29, 0.717) is 28.4 Å². The first-order valence-corrected chi connectivity index (χ1v) is 14.2. The summed E-state index contributed by atoms with van der Waals surface area (Å²) >= 11 is 0. The first-order chi connectivity index (χ1) is 20.9. The van der Waals surface area contributed by atoms with Crippen molar-refractivity contribution < 1.29 is 37.7 Å². The molecule has 43 heavy (non-hydrogen) atoms. The maximum Gasteiger partial charge on any atom is 0.338 e. The predicted molar refractivity (Wildman–Crippen MR) is 158 cm³/mol. The molecular formula is C35H33FO7. The number of alkyl halides is 1. The van der Waals surface area contributed by atoms with Crippen LogP contribution in [0.2, 0.25) is 0 Å². The third-order valence-corrected chi connectivity index (χ3v) is 7.25. The van der Waals surface area contributed by atoms with Crippen molar-refractivity contribution in [3.05, 3.63) is 126 Å². The first kappa shape index (κ1) is 29.8. The Morgan fingerprint density at radius 2 is 1.35 bits per heavy atom. The number of rotatable bonds is 10. The SMILES string of the molecule is CCc1ccc(Oc2ccccc2OC2OC(COC(=O)c3ccccc3)C(F)C(C)C2OC(=O)c2ccccc2)cc1. The molecule has 4 aromatic carbocycles. The molecule has 0 saturated carbocycles. The smallest absolute Gasteiger partial charge is 0.338 e. The minimum absolute atomic E-state index is 0.303. The van der Waals surface area contributed by atoms with Gasteiger partial charge < -0.3 is 23.7 Å². The Balaban J connectivity index is 1.38. The number of benzene rings is 4. The lowest BCUT2D eigenvalue weighted by Gasteiger charge is -2.41. The summed E-state index contributed by atoms with van der Waals surface area (Å²) < 4.78 is 45.4. The van der Waals surface area contributed by atoms with Gasteiger partial charge in [0.2, 0.25) is 6.29 Å². The van der Waals surface area contributed by atoms with Crippen LogP contribution in [0.5, 0.6) is 17.2 Å². The Labute approximate surface area is 250 Å². The van der Waals surface area contributed by atoms with Crippen LogP contribution in [0.15, 0.2) is 109 Å². The van der Waals surface area contributed by atoms with Gasteiger partial charge in [-0.1, -0.05) is 74.5 Å². The Morgan fingerprint density at radius 3 is 1.98 bits per heavy atom. The molecule has 0 N–H and O–H groups in total. The zero-order valence-electron chi connectivity index (χ0n) is 23.9. The number of carbonyl (C=O) groups is 2. The average Bonchev–Trinajstić information content (AvgIpc) is 3.05. The van der Waals surface area contributed by atoms with Gasteiger partial charge >= 0.3 is 11.9 Å². The second-order valence-electron chi connectivity index (χ2n) is 10.2. The molecule has 5 atom stereocenters. The van der Waals surface area contributed by atoms with Gasteiger partial charge in [0.15, 0.2) is 17.6 Å². The van der Waals surface area contributed by atoms with Crippen LogP contribution in [0, 0.1) is 5.92 Å². The van der Waals surface area contributed by atoms with Crippen molar-refractivity contribution in [3.8, 4) is 17.2 Å². The monoisotopic (exact) mass is 584 g/mol. The number of carbonyl (C=O) groups excluding carboxylic acids is 2. The number of aryl methyl sites for hydroxylation is 1. The summed E-state index contributed by atoms with van der Waals surface area (Å²) in [6, 6.07) is 31.5. The molecule has 8 heteroatoms. The lowest BCUT2D eigenvalue weighted by atomic mass is 9.91. The molecule has 1 aliphatic rings. The molecule has 7 nitrogen and oxygen atoms in total. The van der Waals surface area contributed by atoms with E-state index in [1.165, 1.54) is 5.56 Å². The van der Waals surface area contributed by atoms with Crippen molar-refractivity contribution in [2.75, 3.05) is 6.61 Å². The van der Waals surface area contributed by atoms with Gasteiger partial charge in [-0.05, 0) is 60.5 Å². The van der Waals surface area contributed by atoms with Crippen LogP contribution < -0.4 is 9.47 Å². The molecule has 0 bridgehead atoms. The van der Waals surface area contributed by atoms with E-state index in [1.54, 1.807) is 91.9 Å². The molecule has 1 fully saturated rings. The first-order valence-electron chi connectivity index (χ1n) is 14.2. The van der Waals surface area contributed by atoms with Gasteiger partial charge in [0.25, 0.3) is 0 Å². The molecule has 0 radical (unpaired) electrons. The second kappa shape index (κ2) is 14.0. The van der Waals surface area contributed by atoms with E-state index >= 15 is 4.39 Å². The topological polar surface area (TPSA) is 80.3 Å². The maximum absolute atomic E-state index is 15.8. The fourth-order valence-electron chi connectivity index (χ4n) is 4.74. The quantitative estimate of drug-likeness (QED) is 0.182. The average molecular weight is 585 g/mol. The zero-order chi connectivity index (χ0) is 30.2. The van der Waals surface area contributed by atoms with Crippen LogP contribution >= 0.6 is 0 Å². The van der Waals surface area contributed by atoms with Gasteiger partial charge in [-0.15, -0.1) is 0 Å². The molecule has 1 saturated heterocycles. The Bertz CT molecular complexity index is 1490. The van der Waals surface area contributed by atoms with Gasteiger partial charge in [0.05, 0.1) is 11.1 Å². The van der Waals surface area contributed by atoms with Gasteiger partial charge in [0.1, 0.15) is 24.6 Å². The standard InChI is InChI=1S/C35H33FO7/c1-3-24-18-20-27(21-19-24)40-28-16-10-11-17-29(28)41-35-32(43-34(38)26-14-8-5-9-15-26)23(2)31(36)30(42-35)22-39-33(37)25-12-6-4-7-13-25/h4-21,23,30-32,35H,3,22H2,1-2H3. The largest absolute Gasteiger partial charge is 0.459 e. The van der Waals surface area contributed by atoms with E-state index in [1.807, 2.05) is 24.3 Å². The highest BCUT2D eigenvalue weighted by molar-refractivity contribution is 5.89. The van der Waals surface area contributed by atoms with E-state index < -0.39 is 42.5 Å². The molecule has 5 unspecified atom stereocenters. The molecule has 4 aromatic rings. The number of para-hydroxylation sites is 2. The molecule has 0 spiro atoms. The number of halogens is 1. The van der Waals surface area contributed by atoms with Crippen molar-refractivity contribution >= 4 is 11.9 Å².